The van der Waals surface area contributed by atoms with Crippen molar-refractivity contribution in [2.45, 2.75) is 65.6 Å². The molecule has 13 heteroatoms. The standard InChI is InChI=1S/C24H32N8O5/c1-23(2,3)12-31-17-8-15(29-16-10-25-14(9-26-16)19(33)27-11-24(4,5)37)30-32(17)22(36)18(21(31)35)20(34)28-13-6-7-13/h8-10,13,35,37H,6-7,11-12H2,1-5H3,(H,27,33)(H,28,34)(H,26,29,30). The molecule has 3 heterocycles. The lowest BCUT2D eigenvalue weighted by atomic mass is 9.96. The largest absolute Gasteiger partial charge is 0.494 e. The van der Waals surface area contributed by atoms with Crippen molar-refractivity contribution >= 4 is 29.1 Å². The number of hydrogen-bond acceptors (Lipinski definition) is 9. The van der Waals surface area contributed by atoms with Crippen LogP contribution < -0.4 is 21.5 Å². The first kappa shape index (κ1) is 26.1. The van der Waals surface area contributed by atoms with E-state index < -0.39 is 28.9 Å². The average molecular weight is 513 g/mol. The van der Waals surface area contributed by atoms with Crippen LogP contribution in [0.4, 0.5) is 11.6 Å². The minimum absolute atomic E-state index is 0.00617. The Bertz CT molecular complexity index is 1390. The van der Waals surface area contributed by atoms with Crippen LogP contribution in [0, 0.1) is 5.41 Å². The lowest BCUT2D eigenvalue weighted by molar-refractivity contribution is 0.0691. The Morgan fingerprint density at radius 3 is 2.35 bits per heavy atom. The SMILES string of the molecule is CC(C)(C)Cn1c(O)c(C(=O)NC2CC2)c(=O)n2nc(Nc3cnc(C(=O)NCC(C)(C)O)cn3)cc12. The topological polar surface area (TPSA) is 176 Å². The van der Waals surface area contributed by atoms with Crippen molar-refractivity contribution in [1.29, 1.82) is 0 Å². The maximum Gasteiger partial charge on any atom is 0.291 e. The fourth-order valence-corrected chi connectivity index (χ4v) is 3.56. The lowest BCUT2D eigenvalue weighted by Gasteiger charge is -2.23. The summed E-state index contributed by atoms with van der Waals surface area (Å²) in [7, 11) is 0. The van der Waals surface area contributed by atoms with Gasteiger partial charge < -0.3 is 26.2 Å². The highest BCUT2D eigenvalue weighted by Gasteiger charge is 2.30. The maximum absolute atomic E-state index is 13.2. The van der Waals surface area contributed by atoms with Gasteiger partial charge in [-0.1, -0.05) is 20.8 Å². The van der Waals surface area contributed by atoms with Crippen molar-refractivity contribution in [2.24, 2.45) is 5.41 Å². The number of rotatable bonds is 8. The van der Waals surface area contributed by atoms with Gasteiger partial charge in [-0.15, -0.1) is 5.10 Å². The molecule has 37 heavy (non-hydrogen) atoms. The van der Waals surface area contributed by atoms with Crippen LogP contribution in [0.1, 0.15) is 68.3 Å². The van der Waals surface area contributed by atoms with Crippen molar-refractivity contribution in [2.75, 3.05) is 11.9 Å². The highest BCUT2D eigenvalue weighted by atomic mass is 16.3. The molecule has 4 rings (SSSR count). The van der Waals surface area contributed by atoms with Crippen LogP contribution in [0.5, 0.6) is 5.88 Å². The summed E-state index contributed by atoms with van der Waals surface area (Å²) in [5, 5.41) is 33.3. The van der Waals surface area contributed by atoms with Crippen LogP contribution in [0.25, 0.3) is 5.65 Å². The molecule has 1 fully saturated rings. The Kier molecular flexibility index (Phi) is 6.67. The molecule has 0 radical (unpaired) electrons. The molecule has 1 saturated carbocycles. The van der Waals surface area contributed by atoms with Gasteiger partial charge in [0.15, 0.2) is 11.4 Å². The van der Waals surface area contributed by atoms with E-state index in [9.17, 15) is 24.6 Å². The van der Waals surface area contributed by atoms with Gasteiger partial charge in [-0.2, -0.15) is 4.52 Å². The van der Waals surface area contributed by atoms with Gasteiger partial charge in [0.05, 0.1) is 18.0 Å². The van der Waals surface area contributed by atoms with Crippen LogP contribution in [-0.2, 0) is 6.54 Å². The lowest BCUT2D eigenvalue weighted by Crippen LogP contribution is -2.38. The summed E-state index contributed by atoms with van der Waals surface area (Å²) >= 11 is 0. The number of aromatic hydroxyl groups is 1. The second-order valence-electron chi connectivity index (χ2n) is 11.1. The Labute approximate surface area is 212 Å². The third-order valence-corrected chi connectivity index (χ3v) is 5.45. The van der Waals surface area contributed by atoms with E-state index >= 15 is 0 Å². The second kappa shape index (κ2) is 9.47. The Hall–Kier alpha value is -4.00. The molecule has 0 atom stereocenters. The molecule has 3 aromatic heterocycles. The van der Waals surface area contributed by atoms with Crippen LogP contribution in [0.15, 0.2) is 23.3 Å². The van der Waals surface area contributed by atoms with Crippen LogP contribution in [0.2, 0.25) is 0 Å². The number of nitrogens with one attached hydrogen (secondary N) is 3. The smallest absolute Gasteiger partial charge is 0.291 e. The molecule has 0 aromatic carbocycles. The first-order chi connectivity index (χ1) is 17.2. The van der Waals surface area contributed by atoms with Gasteiger partial charge in [0.25, 0.3) is 17.4 Å². The molecule has 2 amide bonds. The van der Waals surface area contributed by atoms with Gasteiger partial charge in [-0.25, -0.2) is 9.97 Å². The van der Waals surface area contributed by atoms with Crippen molar-refractivity contribution in [3.8, 4) is 5.88 Å². The van der Waals surface area contributed by atoms with Gasteiger partial charge in [-0.3, -0.25) is 19.0 Å². The molecule has 0 bridgehead atoms. The Morgan fingerprint density at radius 2 is 1.78 bits per heavy atom. The van der Waals surface area contributed by atoms with Gasteiger partial charge in [0.1, 0.15) is 17.2 Å². The summed E-state index contributed by atoms with van der Waals surface area (Å²) in [6.45, 7) is 9.41. The Balaban J connectivity index is 1.64. The first-order valence-electron chi connectivity index (χ1n) is 12.0. The van der Waals surface area contributed by atoms with Gasteiger partial charge in [0.2, 0.25) is 5.88 Å². The minimum atomic E-state index is -1.06. The molecule has 13 nitrogen and oxygen atoms in total. The summed E-state index contributed by atoms with van der Waals surface area (Å²) in [4.78, 5) is 46.4. The van der Waals surface area contributed by atoms with E-state index in [0.29, 0.717) is 12.2 Å². The average Bonchev–Trinajstić information content (AvgIpc) is 3.50. The molecule has 0 aliphatic heterocycles. The van der Waals surface area contributed by atoms with Gasteiger partial charge >= 0.3 is 0 Å². The predicted molar refractivity (Wildman–Crippen MR) is 135 cm³/mol. The second-order valence-corrected chi connectivity index (χ2v) is 11.1. The molecule has 0 saturated heterocycles. The summed E-state index contributed by atoms with van der Waals surface area (Å²) in [5.74, 6) is -1.05. The normalized spacial score (nSPS) is 14.0. The summed E-state index contributed by atoms with van der Waals surface area (Å²) in [6, 6.07) is 1.56. The number of amides is 2. The molecule has 198 valence electrons. The molecular weight excluding hydrogens is 480 g/mol. The zero-order valence-corrected chi connectivity index (χ0v) is 21.5. The maximum atomic E-state index is 13.2. The number of nitrogens with zero attached hydrogens (tertiary/aromatic N) is 5. The van der Waals surface area contributed by atoms with E-state index in [-0.39, 0.29) is 40.9 Å². The van der Waals surface area contributed by atoms with Gasteiger partial charge in [0, 0.05) is 25.2 Å². The van der Waals surface area contributed by atoms with E-state index in [2.05, 4.69) is 31.0 Å². The number of anilines is 2. The predicted octanol–water partition coefficient (Wildman–Crippen LogP) is 1.17. The fraction of sp³-hybridized carbons (Fsp3) is 0.500. The summed E-state index contributed by atoms with van der Waals surface area (Å²) in [6.07, 6.45) is 4.27. The number of aromatic nitrogens is 5. The van der Waals surface area contributed by atoms with E-state index in [4.69, 9.17) is 0 Å². The van der Waals surface area contributed by atoms with E-state index in [1.165, 1.54) is 17.0 Å². The van der Waals surface area contributed by atoms with E-state index in [1.807, 2.05) is 20.8 Å². The summed E-state index contributed by atoms with van der Waals surface area (Å²) in [5.41, 5.74) is -2.11. The fourth-order valence-electron chi connectivity index (χ4n) is 3.56. The van der Waals surface area contributed by atoms with Crippen molar-refractivity contribution in [1.82, 2.24) is 34.8 Å². The van der Waals surface area contributed by atoms with Crippen LogP contribution in [-0.4, -0.2) is 64.4 Å². The molecule has 0 spiro atoms. The van der Waals surface area contributed by atoms with Gasteiger partial charge in [-0.05, 0) is 32.1 Å². The zero-order valence-electron chi connectivity index (χ0n) is 21.5. The Morgan fingerprint density at radius 1 is 1.08 bits per heavy atom. The zero-order chi connectivity index (χ0) is 27.1. The van der Waals surface area contributed by atoms with E-state index in [0.717, 1.165) is 17.4 Å². The molecular formula is C24H32N8O5. The van der Waals surface area contributed by atoms with E-state index in [1.54, 1.807) is 19.9 Å². The molecule has 5 N–H and O–H groups in total. The molecule has 1 aliphatic carbocycles. The molecule has 3 aromatic rings. The number of carbonyl (C=O) groups excluding carboxylic acids is 2. The third kappa shape index (κ3) is 6.23. The molecule has 0 unspecified atom stereocenters. The third-order valence-electron chi connectivity index (χ3n) is 5.45. The van der Waals surface area contributed by atoms with Crippen LogP contribution in [0.3, 0.4) is 0 Å². The number of fused-ring (bicyclic) bond motifs is 1. The number of aliphatic hydroxyl groups is 1. The van der Waals surface area contributed by atoms with Crippen molar-refractivity contribution in [3.63, 3.8) is 0 Å². The number of hydrogen-bond donors (Lipinski definition) is 5. The first-order valence-corrected chi connectivity index (χ1v) is 12.0. The van der Waals surface area contributed by atoms with Crippen molar-refractivity contribution < 1.29 is 19.8 Å². The van der Waals surface area contributed by atoms with Crippen LogP contribution >= 0.6 is 0 Å². The molecule has 1 aliphatic rings. The highest BCUT2D eigenvalue weighted by molar-refractivity contribution is 5.96. The monoisotopic (exact) mass is 512 g/mol. The summed E-state index contributed by atoms with van der Waals surface area (Å²) < 4.78 is 2.56. The highest BCUT2D eigenvalue weighted by Crippen LogP contribution is 2.27. The van der Waals surface area contributed by atoms with Crippen molar-refractivity contribution in [3.05, 3.63) is 40.1 Å². The minimum Gasteiger partial charge on any atom is -0.494 e. The number of carbonyl (C=O) groups is 2. The quantitative estimate of drug-likeness (QED) is 0.297.